The van der Waals surface area contributed by atoms with Gasteiger partial charge in [-0.3, -0.25) is 4.79 Å². The average molecular weight is 255 g/mol. The zero-order valence-electron chi connectivity index (χ0n) is 11.4. The number of nitrogens with one attached hydrogen (secondary N) is 1. The molecule has 1 N–H and O–H groups in total. The SMILES string of the molecule is COC[C@H](C)NC(=O)CCc1nc(C(C)C)no1. The van der Waals surface area contributed by atoms with Crippen LogP contribution in [0.15, 0.2) is 4.52 Å². The Morgan fingerprint density at radius 3 is 2.72 bits per heavy atom. The van der Waals surface area contributed by atoms with Crippen LogP contribution >= 0.6 is 0 Å². The molecule has 0 radical (unpaired) electrons. The van der Waals surface area contributed by atoms with Gasteiger partial charge in [0.2, 0.25) is 11.8 Å². The second kappa shape index (κ2) is 7.10. The molecular formula is C12H21N3O3. The number of hydrogen-bond donors (Lipinski definition) is 1. The molecule has 0 aliphatic heterocycles. The Kier molecular flexibility index (Phi) is 5.77. The quantitative estimate of drug-likeness (QED) is 0.794. The van der Waals surface area contributed by atoms with Gasteiger partial charge < -0.3 is 14.6 Å². The molecule has 0 unspecified atom stereocenters. The molecule has 6 heteroatoms. The van der Waals surface area contributed by atoms with Gasteiger partial charge in [-0.1, -0.05) is 19.0 Å². The van der Waals surface area contributed by atoms with Crippen LogP contribution in [0.5, 0.6) is 0 Å². The number of rotatable bonds is 7. The van der Waals surface area contributed by atoms with Crippen molar-refractivity contribution in [2.45, 2.75) is 45.6 Å². The van der Waals surface area contributed by atoms with Gasteiger partial charge in [0.05, 0.1) is 6.61 Å². The molecule has 1 rings (SSSR count). The van der Waals surface area contributed by atoms with Gasteiger partial charge in [0, 0.05) is 31.9 Å². The van der Waals surface area contributed by atoms with Crippen LogP contribution in [0.1, 0.15) is 44.8 Å². The van der Waals surface area contributed by atoms with Crippen LogP contribution in [0, 0.1) is 0 Å². The fourth-order valence-corrected chi connectivity index (χ4v) is 1.46. The molecule has 1 amide bonds. The highest BCUT2D eigenvalue weighted by atomic mass is 16.5. The van der Waals surface area contributed by atoms with Gasteiger partial charge in [-0.25, -0.2) is 0 Å². The molecule has 1 atom stereocenters. The Morgan fingerprint density at radius 1 is 1.44 bits per heavy atom. The lowest BCUT2D eigenvalue weighted by Crippen LogP contribution is -2.35. The van der Waals surface area contributed by atoms with Crippen molar-refractivity contribution in [1.29, 1.82) is 0 Å². The number of amides is 1. The van der Waals surface area contributed by atoms with Crippen LogP contribution in [0.4, 0.5) is 0 Å². The minimum atomic E-state index is -0.0381. The summed E-state index contributed by atoms with van der Waals surface area (Å²) in [6.45, 7) is 6.39. The second-order valence-corrected chi connectivity index (χ2v) is 4.62. The molecular weight excluding hydrogens is 234 g/mol. The minimum absolute atomic E-state index is 0.0106. The van der Waals surface area contributed by atoms with Crippen LogP contribution < -0.4 is 5.32 Å². The summed E-state index contributed by atoms with van der Waals surface area (Å²) in [5, 5.41) is 6.67. The zero-order valence-corrected chi connectivity index (χ0v) is 11.4. The summed E-state index contributed by atoms with van der Waals surface area (Å²) in [5.41, 5.74) is 0. The van der Waals surface area contributed by atoms with E-state index < -0.39 is 0 Å². The van der Waals surface area contributed by atoms with E-state index in [1.165, 1.54) is 0 Å². The van der Waals surface area contributed by atoms with E-state index in [0.29, 0.717) is 31.2 Å². The Hall–Kier alpha value is -1.43. The maximum Gasteiger partial charge on any atom is 0.227 e. The molecule has 1 heterocycles. The molecule has 0 saturated carbocycles. The Balaban J connectivity index is 2.33. The summed E-state index contributed by atoms with van der Waals surface area (Å²) >= 11 is 0. The summed E-state index contributed by atoms with van der Waals surface area (Å²) < 4.78 is 10.0. The summed E-state index contributed by atoms with van der Waals surface area (Å²) in [7, 11) is 1.61. The summed E-state index contributed by atoms with van der Waals surface area (Å²) in [4.78, 5) is 15.8. The largest absolute Gasteiger partial charge is 0.383 e. The van der Waals surface area contributed by atoms with Crippen molar-refractivity contribution < 1.29 is 14.1 Å². The van der Waals surface area contributed by atoms with Crippen LogP contribution in [0.3, 0.4) is 0 Å². The van der Waals surface area contributed by atoms with Crippen molar-refractivity contribution in [2.24, 2.45) is 0 Å². The van der Waals surface area contributed by atoms with Crippen molar-refractivity contribution in [3.05, 3.63) is 11.7 Å². The van der Waals surface area contributed by atoms with Gasteiger partial charge in [0.15, 0.2) is 5.82 Å². The third kappa shape index (κ3) is 4.83. The Morgan fingerprint density at radius 2 is 2.17 bits per heavy atom. The van der Waals surface area contributed by atoms with Crippen LogP contribution in [-0.2, 0) is 16.0 Å². The first-order chi connectivity index (χ1) is 8.52. The van der Waals surface area contributed by atoms with Gasteiger partial charge in [-0.15, -0.1) is 0 Å². The lowest BCUT2D eigenvalue weighted by Gasteiger charge is -2.11. The number of methoxy groups -OCH3 is 1. The van der Waals surface area contributed by atoms with Gasteiger partial charge in [-0.05, 0) is 6.92 Å². The first-order valence-corrected chi connectivity index (χ1v) is 6.13. The van der Waals surface area contributed by atoms with Gasteiger partial charge >= 0.3 is 0 Å². The normalized spacial score (nSPS) is 12.7. The van der Waals surface area contributed by atoms with Crippen molar-refractivity contribution in [2.75, 3.05) is 13.7 Å². The van der Waals surface area contributed by atoms with Crippen LogP contribution in [0.25, 0.3) is 0 Å². The number of hydrogen-bond acceptors (Lipinski definition) is 5. The average Bonchev–Trinajstić information content (AvgIpc) is 2.75. The molecule has 0 spiro atoms. The lowest BCUT2D eigenvalue weighted by molar-refractivity contribution is -0.122. The van der Waals surface area contributed by atoms with Gasteiger partial charge in [-0.2, -0.15) is 4.98 Å². The third-order valence-electron chi connectivity index (χ3n) is 2.39. The van der Waals surface area contributed by atoms with Crippen LogP contribution in [0.2, 0.25) is 0 Å². The van der Waals surface area contributed by atoms with Crippen LogP contribution in [-0.4, -0.2) is 35.8 Å². The molecule has 0 aliphatic carbocycles. The summed E-state index contributed by atoms with van der Waals surface area (Å²) in [5.74, 6) is 1.38. The van der Waals surface area contributed by atoms with E-state index in [9.17, 15) is 4.79 Å². The number of carbonyl (C=O) groups is 1. The maximum atomic E-state index is 11.6. The summed E-state index contributed by atoms with van der Waals surface area (Å²) in [6, 6.07) is 0.0106. The maximum absolute atomic E-state index is 11.6. The smallest absolute Gasteiger partial charge is 0.227 e. The standard InChI is InChI=1S/C12H21N3O3/c1-8(2)12-14-11(18-15-12)6-5-10(16)13-9(3)7-17-4/h8-9H,5-7H2,1-4H3,(H,13,16)/t9-/m0/s1. The van der Waals surface area contributed by atoms with E-state index >= 15 is 0 Å². The number of nitrogens with zero attached hydrogens (tertiary/aromatic N) is 2. The van der Waals surface area contributed by atoms with E-state index in [-0.39, 0.29) is 17.9 Å². The first-order valence-electron chi connectivity index (χ1n) is 6.13. The van der Waals surface area contributed by atoms with Crippen molar-refractivity contribution in [3.8, 4) is 0 Å². The fourth-order valence-electron chi connectivity index (χ4n) is 1.46. The highest BCUT2D eigenvalue weighted by molar-refractivity contribution is 5.76. The van der Waals surface area contributed by atoms with Crippen molar-refractivity contribution in [3.63, 3.8) is 0 Å². The highest BCUT2D eigenvalue weighted by Gasteiger charge is 2.12. The first kappa shape index (κ1) is 14.6. The van der Waals surface area contributed by atoms with Gasteiger partial charge in [0.1, 0.15) is 0 Å². The van der Waals surface area contributed by atoms with E-state index in [0.717, 1.165) is 0 Å². The summed E-state index contributed by atoms with van der Waals surface area (Å²) in [6.07, 6.45) is 0.805. The fraction of sp³-hybridized carbons (Fsp3) is 0.750. The molecule has 6 nitrogen and oxygen atoms in total. The number of ether oxygens (including phenoxy) is 1. The van der Waals surface area contributed by atoms with E-state index in [1.54, 1.807) is 7.11 Å². The molecule has 0 aromatic carbocycles. The van der Waals surface area contributed by atoms with Gasteiger partial charge in [0.25, 0.3) is 0 Å². The zero-order chi connectivity index (χ0) is 13.5. The van der Waals surface area contributed by atoms with E-state index in [4.69, 9.17) is 9.26 Å². The molecule has 0 saturated heterocycles. The third-order valence-corrected chi connectivity index (χ3v) is 2.39. The van der Waals surface area contributed by atoms with Crippen molar-refractivity contribution >= 4 is 5.91 Å². The van der Waals surface area contributed by atoms with E-state index in [2.05, 4.69) is 15.5 Å². The monoisotopic (exact) mass is 255 g/mol. The Labute approximate surface area is 107 Å². The molecule has 1 aromatic heterocycles. The van der Waals surface area contributed by atoms with E-state index in [1.807, 2.05) is 20.8 Å². The highest BCUT2D eigenvalue weighted by Crippen LogP contribution is 2.10. The van der Waals surface area contributed by atoms with Crippen molar-refractivity contribution in [1.82, 2.24) is 15.5 Å². The predicted molar refractivity (Wildman–Crippen MR) is 66.2 cm³/mol. The number of carbonyl (C=O) groups excluding carboxylic acids is 1. The predicted octanol–water partition coefficient (Wildman–Crippen LogP) is 1.28. The number of aryl methyl sites for hydroxylation is 1. The molecule has 0 fully saturated rings. The molecule has 0 bridgehead atoms. The molecule has 18 heavy (non-hydrogen) atoms. The molecule has 0 aliphatic rings. The topological polar surface area (TPSA) is 77.2 Å². The second-order valence-electron chi connectivity index (χ2n) is 4.62. The number of aromatic nitrogens is 2. The minimum Gasteiger partial charge on any atom is -0.383 e. The molecule has 102 valence electrons. The Bertz CT molecular complexity index is 376. The lowest BCUT2D eigenvalue weighted by atomic mass is 10.2. The molecule has 1 aromatic rings.